The molecule has 0 radical (unpaired) electrons. The topological polar surface area (TPSA) is 63.4 Å². The van der Waals surface area contributed by atoms with Crippen LogP contribution in [0, 0.1) is 5.41 Å². The smallest absolute Gasteiger partial charge is 0.148 e. The normalized spacial score (nSPS) is 20.3. The van der Waals surface area contributed by atoms with Gasteiger partial charge in [0.1, 0.15) is 9.84 Å². The van der Waals surface area contributed by atoms with Crippen LogP contribution in [0.4, 0.5) is 0 Å². The van der Waals surface area contributed by atoms with Crippen LogP contribution in [0.5, 0.6) is 0 Å². The molecule has 0 bridgehead atoms. The van der Waals surface area contributed by atoms with E-state index in [2.05, 4.69) is 4.90 Å². The van der Waals surface area contributed by atoms with Crippen molar-refractivity contribution in [3.8, 4) is 0 Å². The van der Waals surface area contributed by atoms with Gasteiger partial charge < -0.3 is 10.6 Å². The molecule has 0 aromatic carbocycles. The van der Waals surface area contributed by atoms with Gasteiger partial charge in [-0.2, -0.15) is 0 Å². The second kappa shape index (κ2) is 4.80. The molecule has 0 amide bonds. The lowest BCUT2D eigenvalue weighted by molar-refractivity contribution is 0.0905. The van der Waals surface area contributed by atoms with E-state index in [1.165, 1.54) is 25.5 Å². The van der Waals surface area contributed by atoms with Crippen molar-refractivity contribution in [1.29, 1.82) is 0 Å². The van der Waals surface area contributed by atoms with Gasteiger partial charge in [0.05, 0.1) is 5.75 Å². The first-order chi connectivity index (χ1) is 6.87. The number of rotatable bonds is 6. The Morgan fingerprint density at radius 2 is 2.00 bits per heavy atom. The highest BCUT2D eigenvalue weighted by Gasteiger charge is 2.36. The summed E-state index contributed by atoms with van der Waals surface area (Å²) in [5, 5.41) is 0. The fourth-order valence-corrected chi connectivity index (χ4v) is 2.72. The van der Waals surface area contributed by atoms with Crippen LogP contribution < -0.4 is 5.73 Å². The number of hydrogen-bond donors (Lipinski definition) is 1. The zero-order chi connectivity index (χ0) is 11.5. The molecule has 1 fully saturated rings. The highest BCUT2D eigenvalue weighted by atomic mass is 32.2. The third-order valence-corrected chi connectivity index (χ3v) is 4.22. The molecule has 0 heterocycles. The predicted octanol–water partition coefficient (Wildman–Crippen LogP) is 0.0918. The lowest BCUT2D eigenvalue weighted by Gasteiger charge is -2.43. The maximum atomic E-state index is 11.0. The molecule has 1 aliphatic carbocycles. The van der Waals surface area contributed by atoms with Crippen molar-refractivity contribution in [1.82, 2.24) is 4.90 Å². The monoisotopic (exact) mass is 234 g/mol. The van der Waals surface area contributed by atoms with Gasteiger partial charge in [0, 0.05) is 19.3 Å². The summed E-state index contributed by atoms with van der Waals surface area (Å²) in [5.74, 6) is 0.240. The van der Waals surface area contributed by atoms with Crippen LogP contribution in [0.1, 0.15) is 19.3 Å². The summed E-state index contributed by atoms with van der Waals surface area (Å²) in [6, 6.07) is 0. The van der Waals surface area contributed by atoms with Crippen LogP contribution >= 0.6 is 0 Å². The average molecular weight is 234 g/mol. The van der Waals surface area contributed by atoms with E-state index in [1.807, 2.05) is 7.05 Å². The van der Waals surface area contributed by atoms with Crippen LogP contribution in [-0.2, 0) is 9.84 Å². The molecule has 1 saturated carbocycles. The Balaban J connectivity index is 2.32. The molecule has 1 rings (SSSR count). The maximum Gasteiger partial charge on any atom is 0.148 e. The van der Waals surface area contributed by atoms with Gasteiger partial charge in [-0.15, -0.1) is 0 Å². The summed E-state index contributed by atoms with van der Waals surface area (Å²) in [6.07, 6.45) is 4.92. The largest absolute Gasteiger partial charge is 0.330 e. The molecular weight excluding hydrogens is 212 g/mol. The molecule has 0 aliphatic heterocycles. The first kappa shape index (κ1) is 12.9. The van der Waals surface area contributed by atoms with Gasteiger partial charge in [0.25, 0.3) is 0 Å². The summed E-state index contributed by atoms with van der Waals surface area (Å²) in [5.41, 5.74) is 6.02. The van der Waals surface area contributed by atoms with Gasteiger partial charge in [-0.25, -0.2) is 8.42 Å². The quantitative estimate of drug-likeness (QED) is 0.707. The molecule has 1 aliphatic rings. The van der Waals surface area contributed by atoms with E-state index >= 15 is 0 Å². The van der Waals surface area contributed by atoms with Crippen LogP contribution in [0.2, 0.25) is 0 Å². The fourth-order valence-electron chi connectivity index (χ4n) is 2.08. The zero-order valence-electron chi connectivity index (χ0n) is 9.70. The maximum absolute atomic E-state index is 11.0. The third kappa shape index (κ3) is 4.09. The number of nitrogens with zero attached hydrogens (tertiary/aromatic N) is 1. The molecule has 4 nitrogen and oxygen atoms in total. The summed E-state index contributed by atoms with van der Waals surface area (Å²) < 4.78 is 22.0. The highest BCUT2D eigenvalue weighted by Crippen LogP contribution is 2.40. The highest BCUT2D eigenvalue weighted by molar-refractivity contribution is 7.90. The Morgan fingerprint density at radius 1 is 1.40 bits per heavy atom. The summed E-state index contributed by atoms with van der Waals surface area (Å²) in [7, 11) is -0.870. The second-order valence-electron chi connectivity index (χ2n) is 4.93. The molecule has 0 atom stereocenters. The number of sulfone groups is 1. The van der Waals surface area contributed by atoms with Crippen LogP contribution in [0.15, 0.2) is 0 Å². The lowest BCUT2D eigenvalue weighted by Crippen LogP contribution is -2.46. The summed E-state index contributed by atoms with van der Waals surface area (Å²) >= 11 is 0. The van der Waals surface area contributed by atoms with Gasteiger partial charge in [0.15, 0.2) is 0 Å². The van der Waals surface area contributed by atoms with E-state index in [0.29, 0.717) is 6.54 Å². The molecule has 0 aromatic heterocycles. The van der Waals surface area contributed by atoms with Gasteiger partial charge in [-0.1, -0.05) is 6.42 Å². The Bertz CT molecular complexity index is 291. The molecule has 0 aromatic rings. The van der Waals surface area contributed by atoms with Crippen LogP contribution in [0.3, 0.4) is 0 Å². The van der Waals surface area contributed by atoms with Crippen molar-refractivity contribution in [3.05, 3.63) is 0 Å². The minimum atomic E-state index is -2.84. The van der Waals surface area contributed by atoms with Crippen molar-refractivity contribution in [3.63, 3.8) is 0 Å². The first-order valence-electron chi connectivity index (χ1n) is 5.43. The van der Waals surface area contributed by atoms with Crippen LogP contribution in [-0.4, -0.2) is 52.0 Å². The second-order valence-corrected chi connectivity index (χ2v) is 7.19. The Kier molecular flexibility index (Phi) is 4.14. The molecule has 0 spiro atoms. The third-order valence-electron chi connectivity index (χ3n) is 3.30. The zero-order valence-corrected chi connectivity index (χ0v) is 10.5. The van der Waals surface area contributed by atoms with Gasteiger partial charge in [-0.05, 0) is 31.8 Å². The fraction of sp³-hybridized carbons (Fsp3) is 1.00. The van der Waals surface area contributed by atoms with Gasteiger partial charge in [0.2, 0.25) is 0 Å². The summed E-state index contributed by atoms with van der Waals surface area (Å²) in [4.78, 5) is 2.09. The SMILES string of the molecule is CN(CCS(C)(=O)=O)CC1(CN)CCC1. The number of hydrogen-bond acceptors (Lipinski definition) is 4. The predicted molar refractivity (Wildman–Crippen MR) is 62.5 cm³/mol. The van der Waals surface area contributed by atoms with Crippen molar-refractivity contribution in [2.45, 2.75) is 19.3 Å². The van der Waals surface area contributed by atoms with Crippen molar-refractivity contribution < 1.29 is 8.42 Å². The molecule has 5 heteroatoms. The minimum Gasteiger partial charge on any atom is -0.330 e. The molecule has 15 heavy (non-hydrogen) atoms. The lowest BCUT2D eigenvalue weighted by atomic mass is 9.68. The summed E-state index contributed by atoms with van der Waals surface area (Å²) in [6.45, 7) is 2.26. The van der Waals surface area contributed by atoms with Crippen molar-refractivity contribution in [2.24, 2.45) is 11.1 Å². The van der Waals surface area contributed by atoms with E-state index in [4.69, 9.17) is 5.73 Å². The van der Waals surface area contributed by atoms with E-state index in [0.717, 1.165) is 13.1 Å². The molecule has 0 unspecified atom stereocenters. The van der Waals surface area contributed by atoms with E-state index in [9.17, 15) is 8.42 Å². The van der Waals surface area contributed by atoms with Crippen molar-refractivity contribution >= 4 is 9.84 Å². The van der Waals surface area contributed by atoms with Gasteiger partial charge in [-0.3, -0.25) is 0 Å². The molecule has 2 N–H and O–H groups in total. The molecule has 90 valence electrons. The Hall–Kier alpha value is -0.130. The first-order valence-corrected chi connectivity index (χ1v) is 7.49. The average Bonchev–Trinajstić information content (AvgIpc) is 2.07. The standard InChI is InChI=1S/C10H22N2O2S/c1-12(6-7-15(2,13)14)9-10(8-11)4-3-5-10/h3-9,11H2,1-2H3. The van der Waals surface area contributed by atoms with Crippen molar-refractivity contribution in [2.75, 3.05) is 38.7 Å². The van der Waals surface area contributed by atoms with Crippen LogP contribution in [0.25, 0.3) is 0 Å². The Morgan fingerprint density at radius 3 is 2.33 bits per heavy atom. The van der Waals surface area contributed by atoms with E-state index in [-0.39, 0.29) is 11.2 Å². The van der Waals surface area contributed by atoms with Gasteiger partial charge >= 0.3 is 0 Å². The minimum absolute atomic E-state index is 0.240. The number of nitrogens with two attached hydrogens (primary N) is 1. The van der Waals surface area contributed by atoms with E-state index in [1.54, 1.807) is 0 Å². The molecular formula is C10H22N2O2S. The Labute approximate surface area is 92.7 Å². The van der Waals surface area contributed by atoms with E-state index < -0.39 is 9.84 Å². The molecule has 0 saturated heterocycles.